The zero-order valence-corrected chi connectivity index (χ0v) is 16.4. The summed E-state index contributed by atoms with van der Waals surface area (Å²) in [6, 6.07) is 20.7. The number of esters is 1. The Kier molecular flexibility index (Phi) is 6.60. The van der Waals surface area contributed by atoms with E-state index in [-0.39, 0.29) is 23.5 Å². The first kappa shape index (κ1) is 20.8. The molecule has 152 valence electrons. The van der Waals surface area contributed by atoms with Gasteiger partial charge in [0.1, 0.15) is 11.8 Å². The van der Waals surface area contributed by atoms with Crippen LogP contribution in [0.15, 0.2) is 78.9 Å². The molecule has 1 amide bonds. The summed E-state index contributed by atoms with van der Waals surface area (Å²) in [4.78, 5) is 37.1. The molecule has 0 aliphatic heterocycles. The largest absolute Gasteiger partial charge is 0.508 e. The molecule has 0 unspecified atom stereocenters. The third kappa shape index (κ3) is 5.11. The van der Waals surface area contributed by atoms with Crippen LogP contribution in [0.25, 0.3) is 0 Å². The predicted octanol–water partition coefficient (Wildman–Crippen LogP) is 3.14. The van der Waals surface area contributed by atoms with Gasteiger partial charge in [0.25, 0.3) is 5.91 Å². The number of benzene rings is 3. The van der Waals surface area contributed by atoms with Crippen molar-refractivity contribution in [1.29, 1.82) is 0 Å². The standard InChI is InChI=1S/C24H21NO5/c1-30-24(29)21(25-23(28)19-8-5-9-20(26)15-19)14-16-10-12-18(13-11-16)22(27)17-6-3-2-4-7-17/h2-13,15,21,26H,14H2,1H3,(H,25,28)/t21-/m1/s1. The second-order valence-electron chi connectivity index (χ2n) is 6.70. The van der Waals surface area contributed by atoms with E-state index in [4.69, 9.17) is 4.74 Å². The lowest BCUT2D eigenvalue weighted by molar-refractivity contribution is -0.142. The minimum absolute atomic E-state index is 0.0454. The fraction of sp³-hybridized carbons (Fsp3) is 0.125. The fourth-order valence-electron chi connectivity index (χ4n) is 3.01. The number of ether oxygens (including phenoxy) is 1. The number of nitrogens with one attached hydrogen (secondary N) is 1. The van der Waals surface area contributed by atoms with Gasteiger partial charge in [0, 0.05) is 23.1 Å². The molecule has 0 fully saturated rings. The van der Waals surface area contributed by atoms with Crippen LogP contribution in [-0.2, 0) is 16.0 Å². The highest BCUT2D eigenvalue weighted by Gasteiger charge is 2.23. The second-order valence-corrected chi connectivity index (χ2v) is 6.70. The van der Waals surface area contributed by atoms with Crippen molar-refractivity contribution < 1.29 is 24.2 Å². The summed E-state index contributed by atoms with van der Waals surface area (Å²) in [5, 5.41) is 12.2. The molecule has 6 nitrogen and oxygen atoms in total. The van der Waals surface area contributed by atoms with Crippen LogP contribution >= 0.6 is 0 Å². The molecule has 0 radical (unpaired) electrons. The second kappa shape index (κ2) is 9.52. The Morgan fingerprint density at radius 1 is 0.867 bits per heavy atom. The maximum absolute atomic E-state index is 12.5. The fourth-order valence-corrected chi connectivity index (χ4v) is 3.01. The molecule has 0 spiro atoms. The summed E-state index contributed by atoms with van der Waals surface area (Å²) >= 11 is 0. The lowest BCUT2D eigenvalue weighted by atomic mass is 9.99. The van der Waals surface area contributed by atoms with Gasteiger partial charge in [-0.1, -0.05) is 60.7 Å². The quantitative estimate of drug-likeness (QED) is 0.467. The third-order valence-electron chi connectivity index (χ3n) is 4.59. The number of carbonyl (C=O) groups is 3. The number of methoxy groups -OCH3 is 1. The average Bonchev–Trinajstić information content (AvgIpc) is 2.78. The topological polar surface area (TPSA) is 92.7 Å². The van der Waals surface area contributed by atoms with Gasteiger partial charge in [-0.15, -0.1) is 0 Å². The zero-order valence-electron chi connectivity index (χ0n) is 16.4. The maximum atomic E-state index is 12.5. The molecule has 6 heteroatoms. The first-order chi connectivity index (χ1) is 14.5. The van der Waals surface area contributed by atoms with Crippen molar-refractivity contribution in [3.8, 4) is 5.75 Å². The van der Waals surface area contributed by atoms with E-state index in [1.165, 1.54) is 25.3 Å². The van der Waals surface area contributed by atoms with Crippen molar-refractivity contribution in [1.82, 2.24) is 5.32 Å². The molecule has 0 heterocycles. The minimum atomic E-state index is -0.916. The van der Waals surface area contributed by atoms with Gasteiger partial charge in [0.05, 0.1) is 7.11 Å². The Bertz CT molecular complexity index is 1040. The van der Waals surface area contributed by atoms with Crippen molar-refractivity contribution >= 4 is 17.7 Å². The Balaban J connectivity index is 1.73. The van der Waals surface area contributed by atoms with E-state index in [1.807, 2.05) is 6.07 Å². The molecular formula is C24H21NO5. The predicted molar refractivity (Wildman–Crippen MR) is 111 cm³/mol. The lowest BCUT2D eigenvalue weighted by Gasteiger charge is -2.17. The number of carbonyl (C=O) groups excluding carboxylic acids is 3. The highest BCUT2D eigenvalue weighted by atomic mass is 16.5. The SMILES string of the molecule is COC(=O)[C@@H](Cc1ccc(C(=O)c2ccccc2)cc1)NC(=O)c1cccc(O)c1. The molecule has 30 heavy (non-hydrogen) atoms. The van der Waals surface area contributed by atoms with Crippen LogP contribution < -0.4 is 5.32 Å². The molecule has 2 N–H and O–H groups in total. The molecule has 0 aliphatic rings. The van der Waals surface area contributed by atoms with Crippen molar-refractivity contribution in [3.05, 3.63) is 101 Å². The summed E-state index contributed by atoms with van der Waals surface area (Å²) in [6.45, 7) is 0. The van der Waals surface area contributed by atoms with Crippen molar-refractivity contribution in [2.75, 3.05) is 7.11 Å². The smallest absolute Gasteiger partial charge is 0.328 e. The maximum Gasteiger partial charge on any atom is 0.328 e. The van der Waals surface area contributed by atoms with Crippen LogP contribution in [-0.4, -0.2) is 35.9 Å². The summed E-state index contributed by atoms with van der Waals surface area (Å²) in [7, 11) is 1.25. The Morgan fingerprint density at radius 2 is 1.50 bits per heavy atom. The van der Waals surface area contributed by atoms with Crippen molar-refractivity contribution in [2.24, 2.45) is 0 Å². The van der Waals surface area contributed by atoms with Gasteiger partial charge in [-0.05, 0) is 23.8 Å². The van der Waals surface area contributed by atoms with Crippen LogP contribution in [0.2, 0.25) is 0 Å². The molecule has 3 rings (SSSR count). The highest BCUT2D eigenvalue weighted by molar-refractivity contribution is 6.08. The summed E-state index contributed by atoms with van der Waals surface area (Å²) in [5.41, 5.74) is 2.11. The number of aromatic hydroxyl groups is 1. The molecule has 0 bridgehead atoms. The number of amides is 1. The van der Waals surface area contributed by atoms with Crippen LogP contribution in [0, 0.1) is 0 Å². The van der Waals surface area contributed by atoms with E-state index < -0.39 is 17.9 Å². The Hall–Kier alpha value is -3.93. The van der Waals surface area contributed by atoms with Gasteiger partial charge in [-0.3, -0.25) is 9.59 Å². The van der Waals surface area contributed by atoms with Crippen LogP contribution in [0.3, 0.4) is 0 Å². The third-order valence-corrected chi connectivity index (χ3v) is 4.59. The monoisotopic (exact) mass is 403 g/mol. The van der Waals surface area contributed by atoms with Gasteiger partial charge < -0.3 is 15.2 Å². The van der Waals surface area contributed by atoms with E-state index in [2.05, 4.69) is 5.32 Å². The first-order valence-electron chi connectivity index (χ1n) is 9.34. The molecule has 0 aromatic heterocycles. The molecule has 3 aromatic rings. The number of rotatable bonds is 7. The number of phenols is 1. The molecular weight excluding hydrogens is 382 g/mol. The van der Waals surface area contributed by atoms with E-state index in [0.29, 0.717) is 11.1 Å². The van der Waals surface area contributed by atoms with Gasteiger partial charge in [0.2, 0.25) is 0 Å². The average molecular weight is 403 g/mol. The van der Waals surface area contributed by atoms with Crippen LogP contribution in [0.5, 0.6) is 5.75 Å². The van der Waals surface area contributed by atoms with Crippen molar-refractivity contribution in [2.45, 2.75) is 12.5 Å². The molecule has 1 atom stereocenters. The normalized spacial score (nSPS) is 11.4. The molecule has 0 aliphatic carbocycles. The number of hydrogen-bond donors (Lipinski definition) is 2. The lowest BCUT2D eigenvalue weighted by Crippen LogP contribution is -2.43. The summed E-state index contributed by atoms with van der Waals surface area (Å²) in [6.07, 6.45) is 0.192. The van der Waals surface area contributed by atoms with E-state index >= 15 is 0 Å². The van der Waals surface area contributed by atoms with Crippen molar-refractivity contribution in [3.63, 3.8) is 0 Å². The Labute approximate surface area is 174 Å². The van der Waals surface area contributed by atoms with E-state index in [0.717, 1.165) is 5.56 Å². The van der Waals surface area contributed by atoms with Crippen LogP contribution in [0.4, 0.5) is 0 Å². The highest BCUT2D eigenvalue weighted by Crippen LogP contribution is 2.14. The van der Waals surface area contributed by atoms with E-state index in [9.17, 15) is 19.5 Å². The number of phenolic OH excluding ortho intramolecular Hbond substituents is 1. The Morgan fingerprint density at radius 3 is 2.13 bits per heavy atom. The summed E-state index contributed by atoms with van der Waals surface area (Å²) < 4.78 is 4.81. The van der Waals surface area contributed by atoms with Crippen LogP contribution in [0.1, 0.15) is 31.8 Å². The molecule has 3 aromatic carbocycles. The summed E-state index contributed by atoms with van der Waals surface area (Å²) in [5.74, 6) is -1.23. The minimum Gasteiger partial charge on any atom is -0.508 e. The van der Waals surface area contributed by atoms with Gasteiger partial charge in [-0.2, -0.15) is 0 Å². The molecule has 0 saturated carbocycles. The van der Waals surface area contributed by atoms with Gasteiger partial charge in [-0.25, -0.2) is 4.79 Å². The van der Waals surface area contributed by atoms with Gasteiger partial charge in [0.15, 0.2) is 5.78 Å². The molecule has 0 saturated heterocycles. The van der Waals surface area contributed by atoms with E-state index in [1.54, 1.807) is 54.6 Å². The zero-order chi connectivity index (χ0) is 21.5. The van der Waals surface area contributed by atoms with Gasteiger partial charge >= 0.3 is 5.97 Å². The number of ketones is 1. The first-order valence-corrected chi connectivity index (χ1v) is 9.34. The number of hydrogen-bond acceptors (Lipinski definition) is 5.